The van der Waals surface area contributed by atoms with Crippen molar-refractivity contribution >= 4 is 23.4 Å². The number of nitrogens with one attached hydrogen (secondary N) is 1. The van der Waals surface area contributed by atoms with E-state index < -0.39 is 11.0 Å². The van der Waals surface area contributed by atoms with Gasteiger partial charge in [-0.15, -0.1) is 0 Å². The Hall–Kier alpha value is -2.45. The molecule has 2 fully saturated rings. The van der Waals surface area contributed by atoms with Crippen LogP contribution in [0, 0.1) is 11.3 Å². The highest BCUT2D eigenvalue weighted by Crippen LogP contribution is 2.46. The van der Waals surface area contributed by atoms with E-state index in [-0.39, 0.29) is 30.3 Å². The number of aromatic nitrogens is 3. The average molecular weight is 460 g/mol. The van der Waals surface area contributed by atoms with Crippen molar-refractivity contribution in [3.8, 4) is 0 Å². The Morgan fingerprint density at radius 1 is 1.25 bits per heavy atom. The number of halogens is 1. The molecule has 1 aliphatic carbocycles. The van der Waals surface area contributed by atoms with Crippen molar-refractivity contribution in [2.24, 2.45) is 11.3 Å². The summed E-state index contributed by atoms with van der Waals surface area (Å²) < 4.78 is 1.46. The van der Waals surface area contributed by atoms with Gasteiger partial charge in [0, 0.05) is 29.6 Å². The topological polar surface area (TPSA) is 100 Å². The van der Waals surface area contributed by atoms with Crippen LogP contribution < -0.4 is 5.32 Å². The SMILES string of the molecule is CC1(C)CN(C(=O)[C@H]2CCC[C@H]2NC(=O)Cn2cncn2)CC[C@]1(O)c1ccc(Cl)cc1. The Labute approximate surface area is 193 Å². The smallest absolute Gasteiger partial charge is 0.242 e. The summed E-state index contributed by atoms with van der Waals surface area (Å²) in [6.07, 6.45) is 5.77. The second-order valence-corrected chi connectivity index (χ2v) is 10.0. The zero-order chi connectivity index (χ0) is 22.9. The van der Waals surface area contributed by atoms with E-state index in [0.29, 0.717) is 24.5 Å². The number of carbonyl (C=O) groups is 2. The summed E-state index contributed by atoms with van der Waals surface area (Å²) in [5.74, 6) is -0.358. The molecule has 1 aromatic heterocycles. The Morgan fingerprint density at radius 2 is 2.00 bits per heavy atom. The van der Waals surface area contributed by atoms with E-state index in [1.807, 2.05) is 30.9 Å². The fourth-order valence-electron chi connectivity index (χ4n) is 5.15. The van der Waals surface area contributed by atoms with E-state index in [4.69, 9.17) is 11.6 Å². The maximum atomic E-state index is 13.4. The van der Waals surface area contributed by atoms with Crippen LogP contribution in [0.4, 0.5) is 0 Å². The van der Waals surface area contributed by atoms with E-state index in [1.165, 1.54) is 17.3 Å². The molecule has 2 aliphatic rings. The van der Waals surface area contributed by atoms with Gasteiger partial charge in [-0.1, -0.05) is 44.0 Å². The standard InChI is InChI=1S/C23H30ClN5O3/c1-22(2)13-28(11-10-23(22,32)16-6-8-17(24)9-7-16)21(31)18-4-3-5-19(18)27-20(30)12-29-15-25-14-26-29/h6-9,14-15,18-19,32H,3-5,10-13H2,1-2H3,(H,27,30)/t18-,19+,23-/m0/s1. The van der Waals surface area contributed by atoms with Gasteiger partial charge in [-0.3, -0.25) is 9.59 Å². The van der Waals surface area contributed by atoms with Crippen molar-refractivity contribution in [2.75, 3.05) is 13.1 Å². The number of likely N-dealkylation sites (tertiary alicyclic amines) is 1. The normalized spacial score (nSPS) is 27.3. The monoisotopic (exact) mass is 459 g/mol. The van der Waals surface area contributed by atoms with Crippen LogP contribution in [0.1, 0.15) is 45.1 Å². The first-order valence-electron chi connectivity index (χ1n) is 11.1. The molecule has 2 aromatic rings. The van der Waals surface area contributed by atoms with Crippen molar-refractivity contribution in [2.45, 2.75) is 57.7 Å². The maximum absolute atomic E-state index is 13.4. The fourth-order valence-corrected chi connectivity index (χ4v) is 5.27. The lowest BCUT2D eigenvalue weighted by atomic mass is 9.66. The van der Waals surface area contributed by atoms with Gasteiger partial charge in [0.25, 0.3) is 0 Å². The Bertz CT molecular complexity index is 963. The maximum Gasteiger partial charge on any atom is 0.242 e. The van der Waals surface area contributed by atoms with E-state index in [1.54, 1.807) is 12.1 Å². The number of nitrogens with zero attached hydrogens (tertiary/aromatic N) is 4. The molecule has 8 nitrogen and oxygen atoms in total. The summed E-state index contributed by atoms with van der Waals surface area (Å²) in [7, 11) is 0. The molecule has 0 bridgehead atoms. The number of rotatable bonds is 5. The molecule has 0 unspecified atom stereocenters. The van der Waals surface area contributed by atoms with Crippen LogP contribution in [0.15, 0.2) is 36.9 Å². The zero-order valence-electron chi connectivity index (χ0n) is 18.5. The van der Waals surface area contributed by atoms with Crippen LogP contribution in [0.3, 0.4) is 0 Å². The van der Waals surface area contributed by atoms with Crippen molar-refractivity contribution in [1.29, 1.82) is 0 Å². The van der Waals surface area contributed by atoms with Gasteiger partial charge >= 0.3 is 0 Å². The Balaban J connectivity index is 1.42. The highest BCUT2D eigenvalue weighted by molar-refractivity contribution is 6.30. The minimum atomic E-state index is -1.05. The van der Waals surface area contributed by atoms with Gasteiger partial charge < -0.3 is 15.3 Å². The highest BCUT2D eigenvalue weighted by Gasteiger charge is 2.50. The van der Waals surface area contributed by atoms with Crippen molar-refractivity contribution in [1.82, 2.24) is 25.0 Å². The van der Waals surface area contributed by atoms with Gasteiger partial charge in [0.2, 0.25) is 11.8 Å². The first-order chi connectivity index (χ1) is 15.2. The van der Waals surface area contributed by atoms with Crippen molar-refractivity contribution in [3.05, 3.63) is 47.5 Å². The van der Waals surface area contributed by atoms with Crippen LogP contribution in [0.25, 0.3) is 0 Å². The summed E-state index contributed by atoms with van der Waals surface area (Å²) in [5, 5.41) is 19.2. The first kappa shape index (κ1) is 22.7. The molecule has 172 valence electrons. The van der Waals surface area contributed by atoms with E-state index in [0.717, 1.165) is 24.8 Å². The number of benzene rings is 1. The lowest BCUT2D eigenvalue weighted by Crippen LogP contribution is -2.58. The molecule has 2 N–H and O–H groups in total. The third-order valence-electron chi connectivity index (χ3n) is 7.03. The molecule has 1 aliphatic heterocycles. The molecular weight excluding hydrogens is 430 g/mol. The molecule has 9 heteroatoms. The van der Waals surface area contributed by atoms with Crippen LogP contribution in [-0.4, -0.2) is 55.7 Å². The lowest BCUT2D eigenvalue weighted by Gasteiger charge is -2.51. The summed E-state index contributed by atoms with van der Waals surface area (Å²) in [5.41, 5.74) is -0.771. The number of aliphatic hydroxyl groups is 1. The van der Waals surface area contributed by atoms with E-state index in [9.17, 15) is 14.7 Å². The first-order valence-corrected chi connectivity index (χ1v) is 11.5. The third-order valence-corrected chi connectivity index (χ3v) is 7.29. The van der Waals surface area contributed by atoms with Gasteiger partial charge in [0.15, 0.2) is 0 Å². The van der Waals surface area contributed by atoms with Gasteiger partial charge in [0.1, 0.15) is 19.2 Å². The molecule has 0 spiro atoms. The minimum Gasteiger partial charge on any atom is -0.384 e. The van der Waals surface area contributed by atoms with E-state index in [2.05, 4.69) is 15.4 Å². The fraction of sp³-hybridized carbons (Fsp3) is 0.565. The number of amides is 2. The van der Waals surface area contributed by atoms with Crippen molar-refractivity contribution in [3.63, 3.8) is 0 Å². The van der Waals surface area contributed by atoms with Crippen LogP contribution in [0.5, 0.6) is 0 Å². The third kappa shape index (κ3) is 4.38. The molecule has 2 heterocycles. The summed E-state index contributed by atoms with van der Waals surface area (Å²) in [6.45, 7) is 4.99. The largest absolute Gasteiger partial charge is 0.384 e. The molecule has 32 heavy (non-hydrogen) atoms. The predicted molar refractivity (Wildman–Crippen MR) is 120 cm³/mol. The van der Waals surface area contributed by atoms with Crippen LogP contribution in [0.2, 0.25) is 5.02 Å². The molecule has 1 saturated carbocycles. The lowest BCUT2D eigenvalue weighted by molar-refractivity contribution is -0.157. The van der Waals surface area contributed by atoms with Gasteiger partial charge in [-0.25, -0.2) is 9.67 Å². The molecule has 1 aromatic carbocycles. The molecular formula is C23H30ClN5O3. The minimum absolute atomic E-state index is 0.0554. The van der Waals surface area contributed by atoms with Gasteiger partial charge in [-0.2, -0.15) is 5.10 Å². The predicted octanol–water partition coefficient (Wildman–Crippen LogP) is 2.36. The second-order valence-electron chi connectivity index (χ2n) is 9.57. The quantitative estimate of drug-likeness (QED) is 0.714. The molecule has 0 radical (unpaired) electrons. The molecule has 1 saturated heterocycles. The van der Waals surface area contributed by atoms with E-state index >= 15 is 0 Å². The van der Waals surface area contributed by atoms with Crippen LogP contribution in [-0.2, 0) is 21.7 Å². The number of hydrogen-bond acceptors (Lipinski definition) is 5. The number of hydrogen-bond donors (Lipinski definition) is 2. The van der Waals surface area contributed by atoms with Gasteiger partial charge in [-0.05, 0) is 37.0 Å². The molecule has 3 atom stereocenters. The average Bonchev–Trinajstić information content (AvgIpc) is 3.42. The summed E-state index contributed by atoms with van der Waals surface area (Å²) in [6, 6.07) is 7.11. The Morgan fingerprint density at radius 3 is 2.66 bits per heavy atom. The van der Waals surface area contributed by atoms with Crippen LogP contribution >= 0.6 is 11.6 Å². The summed E-state index contributed by atoms with van der Waals surface area (Å²) >= 11 is 6.02. The summed E-state index contributed by atoms with van der Waals surface area (Å²) in [4.78, 5) is 31.6. The number of carbonyl (C=O) groups excluding carboxylic acids is 2. The Kier molecular flexibility index (Phi) is 6.27. The molecule has 2 amide bonds. The van der Waals surface area contributed by atoms with Gasteiger partial charge in [0.05, 0.1) is 11.5 Å². The zero-order valence-corrected chi connectivity index (χ0v) is 19.3. The van der Waals surface area contributed by atoms with Crippen molar-refractivity contribution < 1.29 is 14.7 Å². The number of piperidine rings is 1. The second kappa shape index (κ2) is 8.83. The highest BCUT2D eigenvalue weighted by atomic mass is 35.5. The molecule has 4 rings (SSSR count).